The number of aromatic nitrogens is 1. The molecule has 8 nitrogen and oxygen atoms in total. The zero-order valence-electron chi connectivity index (χ0n) is 20.6. The Labute approximate surface area is 222 Å². The maximum atomic E-state index is 14.4. The number of carbonyl (C=O) groups is 2. The number of benzene rings is 2. The van der Waals surface area contributed by atoms with Crippen molar-refractivity contribution < 1.29 is 23.5 Å². The summed E-state index contributed by atoms with van der Waals surface area (Å²) < 4.78 is 28.2. The maximum absolute atomic E-state index is 14.4. The monoisotopic (exact) mass is 537 g/mol. The molecule has 0 radical (unpaired) electrons. The second-order valence-corrected chi connectivity index (χ2v) is 10.2. The molecule has 3 atom stereocenters. The van der Waals surface area contributed by atoms with Gasteiger partial charge >= 0.3 is 0 Å². The van der Waals surface area contributed by atoms with E-state index in [2.05, 4.69) is 5.32 Å². The van der Waals surface area contributed by atoms with Crippen molar-refractivity contribution in [3.8, 4) is 5.75 Å². The minimum Gasteiger partial charge on any atom is -0.483 e. The molecule has 0 saturated carbocycles. The molecule has 3 aliphatic heterocycles. The van der Waals surface area contributed by atoms with E-state index in [0.717, 1.165) is 5.56 Å². The number of halogens is 2. The summed E-state index contributed by atoms with van der Waals surface area (Å²) in [4.78, 5) is 42.6. The zero-order valence-corrected chi connectivity index (χ0v) is 21.3. The topological polar surface area (TPSA) is 89.9 Å². The lowest BCUT2D eigenvalue weighted by Gasteiger charge is -2.37. The van der Waals surface area contributed by atoms with Crippen molar-refractivity contribution in [2.45, 2.75) is 51.3 Å². The minimum atomic E-state index is -0.666. The summed E-state index contributed by atoms with van der Waals surface area (Å²) in [6, 6.07) is 13.5. The maximum Gasteiger partial charge on any atom is 0.276 e. The highest BCUT2D eigenvalue weighted by atomic mass is 35.5. The lowest BCUT2D eigenvalue weighted by Crippen LogP contribution is -2.49. The van der Waals surface area contributed by atoms with E-state index in [9.17, 15) is 18.8 Å². The fourth-order valence-electron chi connectivity index (χ4n) is 5.63. The number of hydrogen-bond acceptors (Lipinski definition) is 5. The normalized spacial score (nSPS) is 21.3. The van der Waals surface area contributed by atoms with Crippen LogP contribution in [0.2, 0.25) is 5.02 Å². The molecule has 2 aromatic carbocycles. The lowest BCUT2D eigenvalue weighted by atomic mass is 10.1. The van der Waals surface area contributed by atoms with Crippen LogP contribution in [0.1, 0.15) is 57.1 Å². The Hall–Kier alpha value is -3.69. The third-order valence-corrected chi connectivity index (χ3v) is 7.62. The highest BCUT2D eigenvalue weighted by molar-refractivity contribution is 6.30. The molecule has 1 N–H and O–H groups in total. The number of nitrogens with zero attached hydrogens (tertiary/aromatic N) is 2. The van der Waals surface area contributed by atoms with Gasteiger partial charge in [-0.15, -0.1) is 0 Å². The Balaban J connectivity index is 1.43. The number of amides is 2. The second kappa shape index (κ2) is 9.56. The van der Waals surface area contributed by atoms with E-state index in [4.69, 9.17) is 21.1 Å². The van der Waals surface area contributed by atoms with Crippen molar-refractivity contribution in [2.24, 2.45) is 0 Å². The molecule has 0 bridgehead atoms. The van der Waals surface area contributed by atoms with Crippen molar-refractivity contribution in [3.05, 3.63) is 97.7 Å². The van der Waals surface area contributed by atoms with Crippen LogP contribution in [0.25, 0.3) is 0 Å². The first-order valence-electron chi connectivity index (χ1n) is 12.5. The summed E-state index contributed by atoms with van der Waals surface area (Å²) in [5.74, 6) is -1.81. The van der Waals surface area contributed by atoms with E-state index >= 15 is 0 Å². The Morgan fingerprint density at radius 2 is 1.97 bits per heavy atom. The number of ether oxygens (including phenoxy) is 2. The third kappa shape index (κ3) is 3.97. The predicted molar refractivity (Wildman–Crippen MR) is 137 cm³/mol. The first-order chi connectivity index (χ1) is 18.3. The van der Waals surface area contributed by atoms with Gasteiger partial charge in [-0.2, -0.15) is 0 Å². The largest absolute Gasteiger partial charge is 0.483 e. The summed E-state index contributed by atoms with van der Waals surface area (Å²) in [5.41, 5.74) is 0.846. The lowest BCUT2D eigenvalue weighted by molar-refractivity contribution is -0.0310. The molecule has 1 saturated heterocycles. The summed E-state index contributed by atoms with van der Waals surface area (Å²) in [6.07, 6.45) is 0.375. The Kier molecular flexibility index (Phi) is 6.20. The Morgan fingerprint density at radius 3 is 2.76 bits per heavy atom. The summed E-state index contributed by atoms with van der Waals surface area (Å²) in [5, 5.41) is 2.60. The summed E-state index contributed by atoms with van der Waals surface area (Å²) in [7, 11) is 0. The molecule has 0 aliphatic carbocycles. The molecular weight excluding hydrogens is 513 g/mol. The van der Waals surface area contributed by atoms with Crippen LogP contribution in [0.4, 0.5) is 4.39 Å². The van der Waals surface area contributed by atoms with Crippen LogP contribution in [-0.4, -0.2) is 40.2 Å². The molecule has 0 spiro atoms. The smallest absolute Gasteiger partial charge is 0.276 e. The van der Waals surface area contributed by atoms with Crippen LogP contribution >= 0.6 is 11.6 Å². The van der Waals surface area contributed by atoms with Crippen molar-refractivity contribution >= 4 is 23.4 Å². The molecule has 2 amide bonds. The minimum absolute atomic E-state index is 0.0471. The first kappa shape index (κ1) is 24.6. The van der Waals surface area contributed by atoms with Gasteiger partial charge < -0.3 is 24.3 Å². The molecule has 38 heavy (non-hydrogen) atoms. The molecule has 1 aromatic heterocycles. The first-order valence-corrected chi connectivity index (χ1v) is 12.9. The van der Waals surface area contributed by atoms with Gasteiger partial charge in [-0.1, -0.05) is 54.1 Å². The summed E-state index contributed by atoms with van der Waals surface area (Å²) >= 11 is 5.87. The van der Waals surface area contributed by atoms with E-state index in [-0.39, 0.29) is 58.8 Å². The van der Waals surface area contributed by atoms with Crippen LogP contribution in [0.3, 0.4) is 0 Å². The molecule has 6 rings (SSSR count). The van der Waals surface area contributed by atoms with Crippen LogP contribution in [0.15, 0.2) is 53.3 Å². The van der Waals surface area contributed by atoms with Gasteiger partial charge in [0.25, 0.3) is 11.8 Å². The molecule has 3 aliphatic rings. The van der Waals surface area contributed by atoms with E-state index in [1.807, 2.05) is 37.3 Å². The highest BCUT2D eigenvalue weighted by Gasteiger charge is 2.50. The van der Waals surface area contributed by atoms with Crippen LogP contribution < -0.4 is 15.5 Å². The Bertz CT molecular complexity index is 1510. The molecule has 1 fully saturated rings. The van der Waals surface area contributed by atoms with E-state index in [1.165, 1.54) is 12.1 Å². The number of carbonyl (C=O) groups excluding carboxylic acids is 2. The molecule has 3 aromatic rings. The zero-order chi connectivity index (χ0) is 26.6. The second-order valence-electron chi connectivity index (χ2n) is 9.77. The molecule has 196 valence electrons. The standard InChI is InChI=1S/C28H25ClFN3O5/c1-15-13-32-27(36)23-25(37-14-16-6-3-2-4-7-16)24(34)21(19-10-11-20(33(19)23)28(32)38-15)26(35)31-12-17-8-5-9-18(29)22(17)30/h2-9,15,20,28H,10-14H2,1H3,(H,31,35)/t15-,20?,28?/m0/s1. The van der Waals surface area contributed by atoms with Gasteiger partial charge in [-0.05, 0) is 31.4 Å². The summed E-state index contributed by atoms with van der Waals surface area (Å²) in [6.45, 7) is 2.20. The fourth-order valence-corrected chi connectivity index (χ4v) is 5.82. The van der Waals surface area contributed by atoms with Gasteiger partial charge in [0.1, 0.15) is 18.0 Å². The molecule has 4 heterocycles. The van der Waals surface area contributed by atoms with E-state index < -0.39 is 23.4 Å². The van der Waals surface area contributed by atoms with Crippen molar-refractivity contribution in [2.75, 3.05) is 6.54 Å². The van der Waals surface area contributed by atoms with Crippen molar-refractivity contribution in [3.63, 3.8) is 0 Å². The third-order valence-electron chi connectivity index (χ3n) is 7.33. The van der Waals surface area contributed by atoms with Crippen LogP contribution in [0.5, 0.6) is 5.75 Å². The average molecular weight is 538 g/mol. The van der Waals surface area contributed by atoms with Gasteiger partial charge in [0.2, 0.25) is 5.43 Å². The van der Waals surface area contributed by atoms with Gasteiger partial charge in [0, 0.05) is 24.3 Å². The Morgan fingerprint density at radius 1 is 1.18 bits per heavy atom. The predicted octanol–water partition coefficient (Wildman–Crippen LogP) is 3.84. The van der Waals surface area contributed by atoms with Crippen LogP contribution in [-0.2, 0) is 24.3 Å². The van der Waals surface area contributed by atoms with E-state index in [1.54, 1.807) is 15.5 Å². The number of nitrogens with one attached hydrogen (secondary N) is 1. The quantitative estimate of drug-likeness (QED) is 0.516. The number of fused-ring (bicyclic) bond motifs is 2. The van der Waals surface area contributed by atoms with Gasteiger partial charge in [-0.25, -0.2) is 4.39 Å². The van der Waals surface area contributed by atoms with Crippen LogP contribution in [0, 0.1) is 5.82 Å². The van der Waals surface area contributed by atoms with Gasteiger partial charge in [0.05, 0.1) is 17.2 Å². The average Bonchev–Trinajstić information content (AvgIpc) is 3.51. The number of pyridine rings is 1. The molecular formula is C28H25ClFN3O5. The fraction of sp³-hybridized carbons (Fsp3) is 0.321. The molecule has 2 unspecified atom stereocenters. The van der Waals surface area contributed by atoms with Crippen molar-refractivity contribution in [1.29, 1.82) is 0 Å². The SMILES string of the molecule is C[C@H]1CN2C(=O)c3c(OCc4ccccc4)c(=O)c(C(=O)NCc4cccc(Cl)c4F)c4n3C(CC4)C2O1. The van der Waals surface area contributed by atoms with Crippen molar-refractivity contribution in [1.82, 2.24) is 14.8 Å². The number of rotatable bonds is 6. The number of hydrogen-bond donors (Lipinski definition) is 1. The highest BCUT2D eigenvalue weighted by Crippen LogP contribution is 2.43. The van der Waals surface area contributed by atoms with E-state index in [0.29, 0.717) is 25.1 Å². The molecule has 10 heteroatoms. The van der Waals surface area contributed by atoms with Gasteiger partial charge in [-0.3, -0.25) is 14.4 Å². The van der Waals surface area contributed by atoms with Gasteiger partial charge in [0.15, 0.2) is 17.7 Å².